The van der Waals surface area contributed by atoms with Crippen LogP contribution in [-0.2, 0) is 11.2 Å². The molecule has 0 spiro atoms. The van der Waals surface area contributed by atoms with Crippen molar-refractivity contribution < 1.29 is 9.30 Å². The zero-order valence-corrected chi connectivity index (χ0v) is 26.1. The molecule has 5 heteroatoms. The number of aliphatic imine (C=N–C) groups is 1. The Hall–Kier alpha value is -2.92. The van der Waals surface area contributed by atoms with Crippen LogP contribution in [0.15, 0.2) is 77.4 Å². The standard InChI is InChI=1S/C35H46N3OSi/c1-22-34-24(3)39-25(4)36-20-27(34)16-17-31-29-14-10-11-15-30(29)32-19-28(18-26-12-8-9-13-26)33(40(5,6)7)21-38(32)35(31)23(2)37-22/h10-11,14-15,19,21,24,26,31,35-36H,2,4,8-9,12-13,16-18,20H2,1,3,5-7H3/q+1/b37-22-. The van der Waals surface area contributed by atoms with Gasteiger partial charge in [-0.1, -0.05) is 70.1 Å². The zero-order valence-electron chi connectivity index (χ0n) is 25.1. The van der Waals surface area contributed by atoms with Gasteiger partial charge in [-0.3, -0.25) is 4.99 Å². The van der Waals surface area contributed by atoms with E-state index in [2.05, 4.69) is 93.1 Å². The van der Waals surface area contributed by atoms with E-state index in [0.717, 1.165) is 36.7 Å². The lowest BCUT2D eigenvalue weighted by Crippen LogP contribution is -2.54. The van der Waals surface area contributed by atoms with Gasteiger partial charge < -0.3 is 10.1 Å². The van der Waals surface area contributed by atoms with E-state index in [-0.39, 0.29) is 12.1 Å². The second-order valence-electron chi connectivity index (χ2n) is 13.5. The molecular weight excluding hydrogens is 506 g/mol. The molecule has 0 bridgehead atoms. The van der Waals surface area contributed by atoms with Crippen LogP contribution in [0.2, 0.25) is 19.6 Å². The molecule has 6 rings (SSSR count). The summed E-state index contributed by atoms with van der Waals surface area (Å²) in [6.07, 6.45) is 11.3. The zero-order chi connectivity index (χ0) is 28.2. The highest BCUT2D eigenvalue weighted by Crippen LogP contribution is 2.45. The van der Waals surface area contributed by atoms with Crippen molar-refractivity contribution in [2.24, 2.45) is 10.9 Å². The van der Waals surface area contributed by atoms with Crippen molar-refractivity contribution in [3.05, 3.63) is 83.5 Å². The molecule has 2 aromatic rings. The van der Waals surface area contributed by atoms with Crippen LogP contribution in [0.3, 0.4) is 0 Å². The third-order valence-electron chi connectivity index (χ3n) is 9.72. The quantitative estimate of drug-likeness (QED) is 0.326. The lowest BCUT2D eigenvalue weighted by atomic mass is 9.78. The van der Waals surface area contributed by atoms with E-state index in [4.69, 9.17) is 9.73 Å². The average molecular weight is 553 g/mol. The Kier molecular flexibility index (Phi) is 7.14. The van der Waals surface area contributed by atoms with Crippen molar-refractivity contribution in [2.75, 3.05) is 6.54 Å². The van der Waals surface area contributed by atoms with Crippen LogP contribution in [-0.4, -0.2) is 26.4 Å². The number of nitrogens with zero attached hydrogens (tertiary/aromatic N) is 2. The summed E-state index contributed by atoms with van der Waals surface area (Å²) >= 11 is 0. The molecule has 0 radical (unpaired) electrons. The first-order valence-corrected chi connectivity index (χ1v) is 18.9. The van der Waals surface area contributed by atoms with E-state index in [1.807, 2.05) is 0 Å². The smallest absolute Gasteiger partial charge is 0.213 e. The summed E-state index contributed by atoms with van der Waals surface area (Å²) in [6.45, 7) is 21.2. The van der Waals surface area contributed by atoms with Gasteiger partial charge in [-0.15, -0.1) is 0 Å². The van der Waals surface area contributed by atoms with Crippen molar-refractivity contribution >= 4 is 19.0 Å². The molecule has 4 aliphatic rings. The predicted octanol–water partition coefficient (Wildman–Crippen LogP) is 7.10. The molecule has 40 heavy (non-hydrogen) atoms. The van der Waals surface area contributed by atoms with Gasteiger partial charge in [-0.25, -0.2) is 0 Å². The maximum Gasteiger partial charge on any atom is 0.213 e. The van der Waals surface area contributed by atoms with Gasteiger partial charge >= 0.3 is 0 Å². The molecule has 1 aromatic carbocycles. The Morgan fingerprint density at radius 2 is 1.85 bits per heavy atom. The second-order valence-corrected chi connectivity index (χ2v) is 18.6. The molecule has 1 fully saturated rings. The molecule has 1 saturated carbocycles. The molecule has 0 saturated heterocycles. The van der Waals surface area contributed by atoms with E-state index >= 15 is 0 Å². The van der Waals surface area contributed by atoms with Gasteiger partial charge in [0, 0.05) is 34.6 Å². The first-order valence-electron chi connectivity index (χ1n) is 15.4. The highest BCUT2D eigenvalue weighted by molar-refractivity contribution is 6.89. The van der Waals surface area contributed by atoms with Crippen LogP contribution in [0.4, 0.5) is 0 Å². The predicted molar refractivity (Wildman–Crippen MR) is 169 cm³/mol. The molecule has 1 aromatic heterocycles. The van der Waals surface area contributed by atoms with Gasteiger partial charge in [0.25, 0.3) is 0 Å². The van der Waals surface area contributed by atoms with Crippen molar-refractivity contribution in [3.63, 3.8) is 0 Å². The number of ether oxygens (including phenoxy) is 1. The van der Waals surface area contributed by atoms with Crippen LogP contribution in [0, 0.1) is 5.92 Å². The summed E-state index contributed by atoms with van der Waals surface area (Å²) in [7, 11) is -1.60. The van der Waals surface area contributed by atoms with E-state index in [0.29, 0.717) is 11.8 Å². The Labute approximate surface area is 242 Å². The molecular formula is C35H46N3OSi+. The Morgan fingerprint density at radius 3 is 2.60 bits per heavy atom. The lowest BCUT2D eigenvalue weighted by Gasteiger charge is -2.32. The van der Waals surface area contributed by atoms with E-state index in [1.54, 1.807) is 10.8 Å². The van der Waals surface area contributed by atoms with Crippen molar-refractivity contribution in [2.45, 2.75) is 96.5 Å². The van der Waals surface area contributed by atoms with Gasteiger partial charge in [0.05, 0.1) is 14.0 Å². The number of pyridine rings is 1. The van der Waals surface area contributed by atoms with Crippen molar-refractivity contribution in [1.82, 2.24) is 5.32 Å². The molecule has 210 valence electrons. The molecule has 3 atom stereocenters. The van der Waals surface area contributed by atoms with Crippen LogP contribution < -0.4 is 15.1 Å². The van der Waals surface area contributed by atoms with Gasteiger partial charge in [0.1, 0.15) is 11.8 Å². The average Bonchev–Trinajstić information content (AvgIpc) is 3.37. The second kappa shape index (κ2) is 10.5. The summed E-state index contributed by atoms with van der Waals surface area (Å²) in [5, 5.41) is 4.99. The van der Waals surface area contributed by atoms with Crippen molar-refractivity contribution in [1.29, 1.82) is 0 Å². The third kappa shape index (κ3) is 4.91. The topological polar surface area (TPSA) is 37.5 Å². The molecule has 1 aliphatic carbocycles. The fraction of sp³-hybridized carbons (Fsp3) is 0.486. The summed E-state index contributed by atoms with van der Waals surface area (Å²) < 4.78 is 8.68. The number of fused-ring (bicyclic) bond motifs is 6. The monoisotopic (exact) mass is 552 g/mol. The largest absolute Gasteiger partial charge is 0.472 e. The fourth-order valence-electron chi connectivity index (χ4n) is 7.90. The molecule has 4 heterocycles. The first kappa shape index (κ1) is 27.3. The lowest BCUT2D eigenvalue weighted by molar-refractivity contribution is -0.708. The normalized spacial score (nSPS) is 26.5. The molecule has 1 N–H and O–H groups in total. The maximum atomic E-state index is 6.10. The number of nitrogens with one attached hydrogen (secondary N) is 1. The Balaban J connectivity index is 1.52. The van der Waals surface area contributed by atoms with Gasteiger partial charge in [0.2, 0.25) is 11.7 Å². The highest BCUT2D eigenvalue weighted by Gasteiger charge is 2.44. The molecule has 4 nitrogen and oxygen atoms in total. The van der Waals surface area contributed by atoms with Crippen LogP contribution in [0.25, 0.3) is 11.3 Å². The number of allylic oxidation sites excluding steroid dienone is 1. The van der Waals surface area contributed by atoms with Gasteiger partial charge in [0.15, 0.2) is 12.1 Å². The fourth-order valence-corrected chi connectivity index (χ4v) is 9.56. The minimum atomic E-state index is -1.60. The van der Waals surface area contributed by atoms with E-state index in [1.165, 1.54) is 60.1 Å². The van der Waals surface area contributed by atoms with Crippen molar-refractivity contribution in [3.8, 4) is 11.3 Å². The van der Waals surface area contributed by atoms with Gasteiger partial charge in [-0.2, -0.15) is 4.57 Å². The number of benzene rings is 1. The first-order chi connectivity index (χ1) is 19.1. The Bertz CT molecular complexity index is 1420. The summed E-state index contributed by atoms with van der Waals surface area (Å²) in [5.41, 5.74) is 10.3. The Morgan fingerprint density at radius 1 is 1.10 bits per heavy atom. The van der Waals surface area contributed by atoms with E-state index < -0.39 is 8.07 Å². The molecule has 0 amide bonds. The minimum absolute atomic E-state index is 0.0851. The molecule has 3 aliphatic heterocycles. The SMILES string of the molecule is C=C1NCC2=C(/C(C)=N\C(=C)C3C(CC2)c2ccccc2-c2cc(CC4CCCC4)c([Si](C)(C)C)c[n+]23)C(C)O1. The van der Waals surface area contributed by atoms with Crippen LogP contribution in [0.1, 0.15) is 75.5 Å². The number of aromatic nitrogens is 1. The van der Waals surface area contributed by atoms with Crippen LogP contribution >= 0.6 is 0 Å². The third-order valence-corrected chi connectivity index (χ3v) is 11.8. The number of hydrogen-bond acceptors (Lipinski definition) is 3. The highest BCUT2D eigenvalue weighted by atomic mass is 28.3. The van der Waals surface area contributed by atoms with Crippen LogP contribution in [0.5, 0.6) is 0 Å². The number of rotatable bonds is 3. The number of hydrogen-bond donors (Lipinski definition) is 1. The van der Waals surface area contributed by atoms with E-state index in [9.17, 15) is 0 Å². The summed E-state index contributed by atoms with van der Waals surface area (Å²) in [6, 6.07) is 11.8. The minimum Gasteiger partial charge on any atom is -0.472 e. The summed E-state index contributed by atoms with van der Waals surface area (Å²) in [4.78, 5) is 5.27. The molecule has 3 unspecified atom stereocenters. The maximum absolute atomic E-state index is 6.10. The summed E-state index contributed by atoms with van der Waals surface area (Å²) in [5.74, 6) is 1.77. The van der Waals surface area contributed by atoms with Gasteiger partial charge in [-0.05, 0) is 68.4 Å².